The summed E-state index contributed by atoms with van der Waals surface area (Å²) in [4.78, 5) is 0. The van der Waals surface area contributed by atoms with E-state index in [1.54, 1.807) is 0 Å². The number of hydrazine groups is 1. The maximum absolute atomic E-state index is 5.63. The molecule has 0 aromatic carbocycles. The first-order chi connectivity index (χ1) is 7.83. The third-order valence-corrected chi connectivity index (χ3v) is 3.59. The summed E-state index contributed by atoms with van der Waals surface area (Å²) < 4.78 is 5.56. The lowest BCUT2D eigenvalue weighted by atomic mass is 9.99. The van der Waals surface area contributed by atoms with E-state index in [2.05, 4.69) is 12.3 Å². The van der Waals surface area contributed by atoms with Crippen LogP contribution in [0.5, 0.6) is 0 Å². The SMILES string of the molecule is CCCCCCCC(NN)C(OC)C1CC1. The molecule has 0 bridgehead atoms. The molecule has 0 radical (unpaired) electrons. The molecule has 16 heavy (non-hydrogen) atoms. The van der Waals surface area contributed by atoms with E-state index < -0.39 is 0 Å². The van der Waals surface area contributed by atoms with Crippen LogP contribution in [0.4, 0.5) is 0 Å². The summed E-state index contributed by atoms with van der Waals surface area (Å²) in [6.07, 6.45) is 10.7. The Kier molecular flexibility index (Phi) is 7.01. The van der Waals surface area contributed by atoms with E-state index in [1.165, 1.54) is 44.9 Å². The molecule has 1 saturated carbocycles. The standard InChI is InChI=1S/C13H28N2O/c1-3-4-5-6-7-8-12(15-14)13(16-2)11-9-10-11/h11-13,15H,3-10,14H2,1-2H3. The fourth-order valence-corrected chi connectivity index (χ4v) is 2.42. The summed E-state index contributed by atoms with van der Waals surface area (Å²) in [6.45, 7) is 2.25. The van der Waals surface area contributed by atoms with Crippen molar-refractivity contribution in [1.82, 2.24) is 5.43 Å². The number of methoxy groups -OCH3 is 1. The molecular weight excluding hydrogens is 200 g/mol. The molecule has 0 aromatic heterocycles. The Hall–Kier alpha value is -0.120. The second kappa shape index (κ2) is 8.04. The Morgan fingerprint density at radius 1 is 1.25 bits per heavy atom. The number of nitrogens with two attached hydrogens (primary N) is 1. The number of hydrogen-bond donors (Lipinski definition) is 2. The molecule has 1 fully saturated rings. The van der Waals surface area contributed by atoms with Crippen LogP contribution in [0.3, 0.4) is 0 Å². The average molecular weight is 228 g/mol. The quantitative estimate of drug-likeness (QED) is 0.343. The normalized spacial score (nSPS) is 19.7. The molecule has 2 atom stereocenters. The first-order valence-corrected chi connectivity index (χ1v) is 6.82. The van der Waals surface area contributed by atoms with Crippen molar-refractivity contribution < 1.29 is 4.74 Å². The summed E-state index contributed by atoms with van der Waals surface area (Å²) >= 11 is 0. The lowest BCUT2D eigenvalue weighted by Gasteiger charge is -2.25. The van der Waals surface area contributed by atoms with Gasteiger partial charge in [0.1, 0.15) is 0 Å². The van der Waals surface area contributed by atoms with Crippen molar-refractivity contribution >= 4 is 0 Å². The maximum Gasteiger partial charge on any atom is 0.0765 e. The van der Waals surface area contributed by atoms with Gasteiger partial charge in [0, 0.05) is 13.2 Å². The Balaban J connectivity index is 2.14. The van der Waals surface area contributed by atoms with Crippen LogP contribution in [-0.2, 0) is 4.74 Å². The van der Waals surface area contributed by atoms with Crippen molar-refractivity contribution in [2.45, 2.75) is 70.4 Å². The molecule has 0 aromatic rings. The van der Waals surface area contributed by atoms with Gasteiger partial charge in [0.25, 0.3) is 0 Å². The van der Waals surface area contributed by atoms with Gasteiger partial charge >= 0.3 is 0 Å². The number of rotatable bonds is 10. The molecule has 0 amide bonds. The van der Waals surface area contributed by atoms with Gasteiger partial charge in [-0.15, -0.1) is 0 Å². The third kappa shape index (κ3) is 4.81. The zero-order chi connectivity index (χ0) is 11.8. The minimum atomic E-state index is 0.330. The predicted octanol–water partition coefficient (Wildman–Crippen LogP) is 2.60. The van der Waals surface area contributed by atoms with E-state index in [1.807, 2.05) is 7.11 Å². The average Bonchev–Trinajstić information content (AvgIpc) is 3.11. The molecule has 3 N–H and O–H groups in total. The molecule has 1 aliphatic rings. The van der Waals surface area contributed by atoms with Crippen molar-refractivity contribution in [1.29, 1.82) is 0 Å². The predicted molar refractivity (Wildman–Crippen MR) is 68.0 cm³/mol. The summed E-state index contributed by atoms with van der Waals surface area (Å²) in [5.74, 6) is 6.38. The van der Waals surface area contributed by atoms with Gasteiger partial charge in [0.05, 0.1) is 6.10 Å². The summed E-state index contributed by atoms with van der Waals surface area (Å²) in [6, 6.07) is 0.346. The molecule has 1 aliphatic carbocycles. The molecule has 0 heterocycles. The summed E-state index contributed by atoms with van der Waals surface area (Å²) in [5, 5.41) is 0. The highest BCUT2D eigenvalue weighted by atomic mass is 16.5. The first kappa shape index (κ1) is 13.9. The van der Waals surface area contributed by atoms with Gasteiger partial charge in [-0.05, 0) is 25.2 Å². The van der Waals surface area contributed by atoms with Crippen molar-refractivity contribution in [3.63, 3.8) is 0 Å². The van der Waals surface area contributed by atoms with Gasteiger partial charge in [-0.25, -0.2) is 0 Å². The highest BCUT2D eigenvalue weighted by Crippen LogP contribution is 2.36. The topological polar surface area (TPSA) is 47.3 Å². The van der Waals surface area contributed by atoms with Gasteiger partial charge in [-0.3, -0.25) is 11.3 Å². The van der Waals surface area contributed by atoms with E-state index in [0.717, 1.165) is 12.3 Å². The summed E-state index contributed by atoms with van der Waals surface area (Å²) in [5.41, 5.74) is 2.94. The second-order valence-electron chi connectivity index (χ2n) is 5.01. The maximum atomic E-state index is 5.63. The van der Waals surface area contributed by atoms with Crippen LogP contribution in [0.25, 0.3) is 0 Å². The van der Waals surface area contributed by atoms with Gasteiger partial charge < -0.3 is 4.74 Å². The molecule has 3 nitrogen and oxygen atoms in total. The highest BCUT2D eigenvalue weighted by molar-refractivity contribution is 4.89. The van der Waals surface area contributed by atoms with Gasteiger partial charge in [-0.2, -0.15) is 0 Å². The smallest absolute Gasteiger partial charge is 0.0765 e. The molecule has 0 saturated heterocycles. The van der Waals surface area contributed by atoms with Crippen LogP contribution in [0, 0.1) is 5.92 Å². The van der Waals surface area contributed by atoms with Crippen LogP contribution >= 0.6 is 0 Å². The molecule has 2 unspecified atom stereocenters. The van der Waals surface area contributed by atoms with E-state index in [0.29, 0.717) is 12.1 Å². The largest absolute Gasteiger partial charge is 0.379 e. The zero-order valence-corrected chi connectivity index (χ0v) is 10.9. The van der Waals surface area contributed by atoms with E-state index in [4.69, 9.17) is 10.6 Å². The lowest BCUT2D eigenvalue weighted by molar-refractivity contribution is 0.0475. The second-order valence-corrected chi connectivity index (χ2v) is 5.01. The van der Waals surface area contributed by atoms with Gasteiger partial charge in [-0.1, -0.05) is 39.0 Å². The van der Waals surface area contributed by atoms with Crippen molar-refractivity contribution in [2.24, 2.45) is 11.8 Å². The highest BCUT2D eigenvalue weighted by Gasteiger charge is 2.35. The Morgan fingerprint density at radius 2 is 1.94 bits per heavy atom. The Morgan fingerprint density at radius 3 is 2.44 bits per heavy atom. The van der Waals surface area contributed by atoms with E-state index in [-0.39, 0.29) is 0 Å². The van der Waals surface area contributed by atoms with E-state index >= 15 is 0 Å². The fraction of sp³-hybridized carbons (Fsp3) is 1.00. The third-order valence-electron chi connectivity index (χ3n) is 3.59. The van der Waals surface area contributed by atoms with Crippen molar-refractivity contribution in [2.75, 3.05) is 7.11 Å². The van der Waals surface area contributed by atoms with E-state index in [9.17, 15) is 0 Å². The number of ether oxygens (including phenoxy) is 1. The molecule has 3 heteroatoms. The Bertz CT molecular complexity index is 171. The van der Waals surface area contributed by atoms with Crippen molar-refractivity contribution in [3.8, 4) is 0 Å². The lowest BCUT2D eigenvalue weighted by Crippen LogP contribution is -2.45. The number of hydrogen-bond acceptors (Lipinski definition) is 3. The minimum absolute atomic E-state index is 0.330. The summed E-state index contributed by atoms with van der Waals surface area (Å²) in [7, 11) is 1.81. The fourth-order valence-electron chi connectivity index (χ4n) is 2.42. The molecule has 1 rings (SSSR count). The van der Waals surface area contributed by atoms with Gasteiger partial charge in [0.15, 0.2) is 0 Å². The minimum Gasteiger partial charge on any atom is -0.379 e. The van der Waals surface area contributed by atoms with Crippen LogP contribution in [0.1, 0.15) is 58.3 Å². The number of unbranched alkanes of at least 4 members (excludes halogenated alkanes) is 4. The van der Waals surface area contributed by atoms with Gasteiger partial charge in [0.2, 0.25) is 0 Å². The monoisotopic (exact) mass is 228 g/mol. The molecule has 96 valence electrons. The van der Waals surface area contributed by atoms with Crippen LogP contribution in [-0.4, -0.2) is 19.3 Å². The van der Waals surface area contributed by atoms with Crippen LogP contribution in [0.2, 0.25) is 0 Å². The van der Waals surface area contributed by atoms with Crippen LogP contribution in [0.15, 0.2) is 0 Å². The molecule has 0 spiro atoms. The van der Waals surface area contributed by atoms with Crippen LogP contribution < -0.4 is 11.3 Å². The number of nitrogens with one attached hydrogen (secondary N) is 1. The Labute approximate surface area is 100 Å². The molecule has 0 aliphatic heterocycles. The first-order valence-electron chi connectivity index (χ1n) is 6.82. The van der Waals surface area contributed by atoms with Crippen molar-refractivity contribution in [3.05, 3.63) is 0 Å². The zero-order valence-electron chi connectivity index (χ0n) is 10.9. The molecular formula is C13H28N2O.